The number of anilines is 1. The minimum absolute atomic E-state index is 0.660. The van der Waals surface area contributed by atoms with E-state index in [2.05, 4.69) is 51.5 Å². The lowest BCUT2D eigenvalue weighted by Crippen LogP contribution is -2.03. The molecule has 3 nitrogen and oxygen atoms in total. The minimum atomic E-state index is 0.660. The summed E-state index contributed by atoms with van der Waals surface area (Å²) < 4.78 is 2.99. The molecule has 0 aliphatic carbocycles. The van der Waals surface area contributed by atoms with Crippen molar-refractivity contribution in [1.29, 1.82) is 0 Å². The number of aromatic nitrogens is 2. The fraction of sp³-hybridized carbons (Fsp3) is 0.182. The fourth-order valence-electron chi connectivity index (χ4n) is 1.61. The molecule has 0 saturated carbocycles. The van der Waals surface area contributed by atoms with Gasteiger partial charge in [0.25, 0.3) is 0 Å². The molecule has 0 aromatic carbocycles. The van der Waals surface area contributed by atoms with Crippen molar-refractivity contribution in [3.63, 3.8) is 0 Å². The molecule has 78 valence electrons. The fourth-order valence-corrected chi connectivity index (χ4v) is 2.16. The first-order valence-electron chi connectivity index (χ1n) is 4.66. The Hall–Kier alpha value is -1.29. The van der Waals surface area contributed by atoms with Crippen LogP contribution in [0.15, 0.2) is 28.9 Å². The van der Waals surface area contributed by atoms with Gasteiger partial charge in [-0.05, 0) is 48.0 Å². The molecule has 0 spiro atoms. The van der Waals surface area contributed by atoms with Crippen molar-refractivity contribution in [3.05, 3.63) is 40.3 Å². The van der Waals surface area contributed by atoms with Crippen LogP contribution < -0.4 is 5.73 Å². The van der Waals surface area contributed by atoms with Gasteiger partial charge in [0.2, 0.25) is 0 Å². The van der Waals surface area contributed by atoms with Crippen molar-refractivity contribution in [1.82, 2.24) is 9.55 Å². The average Bonchev–Trinajstić information content (AvgIpc) is 2.48. The first-order chi connectivity index (χ1) is 7.09. The second-order valence-corrected chi connectivity index (χ2v) is 4.38. The predicted octanol–water partition coefficient (Wildman–Crippen LogP) is 2.83. The lowest BCUT2D eigenvalue weighted by Gasteiger charge is -2.10. The quantitative estimate of drug-likeness (QED) is 0.862. The van der Waals surface area contributed by atoms with Crippen LogP contribution in [0.1, 0.15) is 11.4 Å². The summed E-state index contributed by atoms with van der Waals surface area (Å²) in [4.78, 5) is 4.33. The van der Waals surface area contributed by atoms with Gasteiger partial charge in [0, 0.05) is 11.4 Å². The Kier molecular flexibility index (Phi) is 2.52. The Morgan fingerprint density at radius 3 is 2.40 bits per heavy atom. The minimum Gasteiger partial charge on any atom is -0.397 e. The van der Waals surface area contributed by atoms with E-state index in [0.717, 1.165) is 21.7 Å². The van der Waals surface area contributed by atoms with Crippen LogP contribution in [0.4, 0.5) is 5.69 Å². The Morgan fingerprint density at radius 1 is 1.27 bits per heavy atom. The SMILES string of the molecule is Cc1ccc(C)n1-c1ncc(N)cc1Br. The number of halogens is 1. The highest BCUT2D eigenvalue weighted by Crippen LogP contribution is 2.24. The molecule has 0 aliphatic rings. The van der Waals surface area contributed by atoms with Crippen LogP contribution in [0.25, 0.3) is 5.82 Å². The van der Waals surface area contributed by atoms with E-state index in [-0.39, 0.29) is 0 Å². The van der Waals surface area contributed by atoms with Crippen molar-refractivity contribution in [2.45, 2.75) is 13.8 Å². The molecule has 0 radical (unpaired) electrons. The Morgan fingerprint density at radius 2 is 1.87 bits per heavy atom. The molecule has 4 heteroatoms. The van der Waals surface area contributed by atoms with Crippen molar-refractivity contribution >= 4 is 21.6 Å². The van der Waals surface area contributed by atoms with Crippen molar-refractivity contribution in [2.75, 3.05) is 5.73 Å². The molecule has 2 aromatic rings. The Labute approximate surface area is 97.1 Å². The lowest BCUT2D eigenvalue weighted by atomic mass is 10.4. The average molecular weight is 266 g/mol. The van der Waals surface area contributed by atoms with Gasteiger partial charge in [0.1, 0.15) is 0 Å². The van der Waals surface area contributed by atoms with Crippen LogP contribution in [-0.2, 0) is 0 Å². The Bertz CT molecular complexity index is 483. The van der Waals surface area contributed by atoms with Crippen LogP contribution >= 0.6 is 15.9 Å². The second kappa shape index (κ2) is 3.70. The van der Waals surface area contributed by atoms with E-state index >= 15 is 0 Å². The summed E-state index contributed by atoms with van der Waals surface area (Å²) in [6, 6.07) is 6.00. The smallest absolute Gasteiger partial charge is 0.151 e. The molecular formula is C11H12BrN3. The van der Waals surface area contributed by atoms with E-state index in [1.54, 1.807) is 6.20 Å². The maximum absolute atomic E-state index is 5.66. The molecule has 0 aliphatic heterocycles. The maximum atomic E-state index is 5.66. The first-order valence-corrected chi connectivity index (χ1v) is 5.45. The Balaban J connectivity index is 2.64. The molecule has 2 rings (SSSR count). The van der Waals surface area contributed by atoms with E-state index in [1.165, 1.54) is 0 Å². The number of nitrogens with two attached hydrogens (primary N) is 1. The summed E-state index contributed by atoms with van der Waals surface area (Å²) in [6.07, 6.45) is 1.67. The molecule has 0 saturated heterocycles. The van der Waals surface area contributed by atoms with Crippen LogP contribution in [0, 0.1) is 13.8 Å². The van der Waals surface area contributed by atoms with Crippen LogP contribution in [-0.4, -0.2) is 9.55 Å². The molecule has 0 unspecified atom stereocenters. The van der Waals surface area contributed by atoms with Gasteiger partial charge in [-0.1, -0.05) is 0 Å². The molecule has 0 atom stereocenters. The number of rotatable bonds is 1. The van der Waals surface area contributed by atoms with Gasteiger partial charge in [-0.25, -0.2) is 4.98 Å². The van der Waals surface area contributed by atoms with Crippen molar-refractivity contribution in [3.8, 4) is 5.82 Å². The van der Waals surface area contributed by atoms with Crippen LogP contribution in [0.3, 0.4) is 0 Å². The zero-order valence-corrected chi connectivity index (χ0v) is 10.2. The van der Waals surface area contributed by atoms with Crippen LogP contribution in [0.2, 0.25) is 0 Å². The monoisotopic (exact) mass is 265 g/mol. The van der Waals surface area contributed by atoms with E-state index in [0.29, 0.717) is 5.69 Å². The van der Waals surface area contributed by atoms with Gasteiger partial charge >= 0.3 is 0 Å². The largest absolute Gasteiger partial charge is 0.397 e. The molecule has 0 bridgehead atoms. The van der Waals surface area contributed by atoms with E-state index in [9.17, 15) is 0 Å². The highest BCUT2D eigenvalue weighted by molar-refractivity contribution is 9.10. The maximum Gasteiger partial charge on any atom is 0.151 e. The standard InChI is InChI=1S/C11H12BrN3/c1-7-3-4-8(2)15(7)11-10(12)5-9(13)6-14-11/h3-6H,13H2,1-2H3. The summed E-state index contributed by atoms with van der Waals surface area (Å²) >= 11 is 3.47. The summed E-state index contributed by atoms with van der Waals surface area (Å²) in [5, 5.41) is 0. The first kappa shape index (κ1) is 10.2. The number of nitrogen functional groups attached to an aromatic ring is 1. The van der Waals surface area contributed by atoms with Gasteiger partial charge in [-0.15, -0.1) is 0 Å². The van der Waals surface area contributed by atoms with Gasteiger partial charge in [0.05, 0.1) is 16.4 Å². The molecule has 0 amide bonds. The third-order valence-corrected chi connectivity index (χ3v) is 2.91. The zero-order valence-electron chi connectivity index (χ0n) is 8.66. The third kappa shape index (κ3) is 1.77. The van der Waals surface area contributed by atoms with Gasteiger partial charge in [-0.3, -0.25) is 0 Å². The molecule has 0 fully saturated rings. The van der Waals surface area contributed by atoms with Gasteiger partial charge < -0.3 is 10.3 Å². The van der Waals surface area contributed by atoms with Crippen molar-refractivity contribution in [2.24, 2.45) is 0 Å². The predicted molar refractivity (Wildman–Crippen MR) is 65.2 cm³/mol. The van der Waals surface area contributed by atoms with E-state index in [1.807, 2.05) is 6.07 Å². The summed E-state index contributed by atoms with van der Waals surface area (Å²) in [5.41, 5.74) is 8.63. The molecule has 2 aromatic heterocycles. The number of hydrogen-bond acceptors (Lipinski definition) is 2. The normalized spacial score (nSPS) is 10.6. The van der Waals surface area contributed by atoms with E-state index in [4.69, 9.17) is 5.73 Å². The number of nitrogens with zero attached hydrogens (tertiary/aromatic N) is 2. The summed E-state index contributed by atoms with van der Waals surface area (Å²) in [6.45, 7) is 4.11. The highest BCUT2D eigenvalue weighted by Gasteiger charge is 2.08. The number of hydrogen-bond donors (Lipinski definition) is 1. The molecule has 2 heterocycles. The highest BCUT2D eigenvalue weighted by atomic mass is 79.9. The van der Waals surface area contributed by atoms with Crippen molar-refractivity contribution < 1.29 is 0 Å². The third-order valence-electron chi connectivity index (χ3n) is 2.33. The molecule has 15 heavy (non-hydrogen) atoms. The number of aryl methyl sites for hydroxylation is 2. The van der Waals surface area contributed by atoms with Crippen LogP contribution in [0.5, 0.6) is 0 Å². The lowest BCUT2D eigenvalue weighted by molar-refractivity contribution is 0.916. The zero-order chi connectivity index (χ0) is 11.0. The summed E-state index contributed by atoms with van der Waals surface area (Å²) in [7, 11) is 0. The second-order valence-electron chi connectivity index (χ2n) is 3.53. The summed E-state index contributed by atoms with van der Waals surface area (Å²) in [5.74, 6) is 0.879. The van der Waals surface area contributed by atoms with Gasteiger partial charge in [-0.2, -0.15) is 0 Å². The molecule has 2 N–H and O–H groups in total. The van der Waals surface area contributed by atoms with Gasteiger partial charge in [0.15, 0.2) is 5.82 Å². The topological polar surface area (TPSA) is 43.8 Å². The molecular weight excluding hydrogens is 254 g/mol. The number of pyridine rings is 1. The van der Waals surface area contributed by atoms with E-state index < -0.39 is 0 Å².